The predicted octanol–water partition coefficient (Wildman–Crippen LogP) is 3.54. The minimum Gasteiger partial charge on any atom is -0.497 e. The third kappa shape index (κ3) is 6.62. The minimum atomic E-state index is -4.53. The van der Waals surface area contributed by atoms with Crippen LogP contribution in [-0.2, 0) is 27.5 Å². The van der Waals surface area contributed by atoms with Crippen LogP contribution in [0.1, 0.15) is 22.6 Å². The topological polar surface area (TPSA) is 134 Å². The number of hydrogen-bond donors (Lipinski definition) is 2. The summed E-state index contributed by atoms with van der Waals surface area (Å²) in [5.74, 6) is -0.0289. The van der Waals surface area contributed by atoms with Crippen molar-refractivity contribution in [2.45, 2.75) is 37.5 Å². The number of rotatable bonds is 7. The molecule has 4 rings (SSSR count). The Morgan fingerprint density at radius 3 is 2.44 bits per heavy atom. The van der Waals surface area contributed by atoms with Gasteiger partial charge in [-0.25, -0.2) is 13.2 Å². The molecule has 3 amide bonds. The molecule has 220 valence electrons. The quantitative estimate of drug-likeness (QED) is 0.427. The van der Waals surface area contributed by atoms with E-state index >= 15 is 0 Å². The van der Waals surface area contributed by atoms with Crippen molar-refractivity contribution in [2.24, 2.45) is 0 Å². The molecule has 1 fully saturated rings. The normalized spacial score (nSPS) is 16.3. The van der Waals surface area contributed by atoms with Crippen molar-refractivity contribution < 1.29 is 40.4 Å². The van der Waals surface area contributed by atoms with Gasteiger partial charge in [-0.05, 0) is 55.8 Å². The van der Waals surface area contributed by atoms with Gasteiger partial charge in [0.05, 0.1) is 12.7 Å². The van der Waals surface area contributed by atoms with Crippen molar-refractivity contribution in [3.05, 3.63) is 71.1 Å². The van der Waals surface area contributed by atoms with E-state index in [0.717, 1.165) is 28.6 Å². The van der Waals surface area contributed by atoms with Crippen LogP contribution in [0.15, 0.2) is 57.9 Å². The highest BCUT2D eigenvalue weighted by Gasteiger charge is 2.43. The summed E-state index contributed by atoms with van der Waals surface area (Å²) in [5.41, 5.74) is 0.0558. The van der Waals surface area contributed by atoms with Gasteiger partial charge in [0.1, 0.15) is 22.4 Å². The molecule has 2 N–H and O–H groups in total. The fourth-order valence-corrected chi connectivity index (χ4v) is 6.31. The smallest absolute Gasteiger partial charge is 0.416 e. The van der Waals surface area contributed by atoms with E-state index in [-0.39, 0.29) is 48.2 Å². The van der Waals surface area contributed by atoms with Crippen molar-refractivity contribution in [1.82, 2.24) is 19.7 Å². The number of alkyl halides is 3. The number of halogens is 3. The third-order valence-corrected chi connectivity index (χ3v) is 8.67. The second-order valence-electron chi connectivity index (χ2n) is 9.31. The molecule has 1 saturated heterocycles. The van der Waals surface area contributed by atoms with Crippen molar-refractivity contribution in [3.8, 4) is 5.75 Å². The molecule has 2 aromatic carbocycles. The van der Waals surface area contributed by atoms with Crippen LogP contribution in [0.4, 0.5) is 23.7 Å². The molecule has 0 aliphatic carbocycles. The van der Waals surface area contributed by atoms with Crippen LogP contribution in [0.2, 0.25) is 0 Å². The number of urea groups is 1. The lowest BCUT2D eigenvalue weighted by atomic mass is 10.1. The molecule has 41 heavy (non-hydrogen) atoms. The maximum absolute atomic E-state index is 13.7. The molecule has 11 nitrogen and oxygen atoms in total. The Kier molecular flexibility index (Phi) is 8.58. The van der Waals surface area contributed by atoms with Crippen molar-refractivity contribution in [1.29, 1.82) is 0 Å². The maximum Gasteiger partial charge on any atom is 0.416 e. The van der Waals surface area contributed by atoms with Crippen molar-refractivity contribution >= 4 is 27.6 Å². The Morgan fingerprint density at radius 1 is 1.12 bits per heavy atom. The SMILES string of the molecule is COc1cccc(CNC(=O)C2CN(C(=O)Nc3ccc(C(F)(F)F)cc3)CCN2S(=O)(=O)c2c(C)noc2C)c1. The minimum absolute atomic E-state index is 0.0560. The van der Waals surface area contributed by atoms with Crippen LogP contribution in [0.3, 0.4) is 0 Å². The van der Waals surface area contributed by atoms with Gasteiger partial charge < -0.3 is 24.8 Å². The standard InChI is InChI=1S/C26H28F3N5O6S/c1-16-23(17(2)40-32-16)41(37,38)34-12-11-33(25(36)31-20-9-7-19(8-10-20)26(27,28)29)15-22(34)24(35)30-14-18-5-4-6-21(13-18)39-3/h4-10,13,22H,11-12,14-15H2,1-3H3,(H,30,35)(H,31,36). The molecule has 15 heteroatoms. The lowest BCUT2D eigenvalue weighted by molar-refractivity contribution is -0.137. The van der Waals surface area contributed by atoms with E-state index in [1.165, 1.54) is 25.9 Å². The number of piperazine rings is 1. The summed E-state index contributed by atoms with van der Waals surface area (Å²) < 4.78 is 77.2. The zero-order valence-electron chi connectivity index (χ0n) is 22.4. The van der Waals surface area contributed by atoms with Gasteiger partial charge in [0.2, 0.25) is 15.9 Å². The number of aryl methyl sites for hydroxylation is 2. The zero-order chi connectivity index (χ0) is 29.9. The number of carbonyl (C=O) groups is 2. The number of amides is 3. The first-order valence-electron chi connectivity index (χ1n) is 12.4. The van der Waals surface area contributed by atoms with Gasteiger partial charge >= 0.3 is 12.2 Å². The molecule has 0 bridgehead atoms. The molecule has 3 aromatic rings. The molecule has 1 aliphatic rings. The highest BCUT2D eigenvalue weighted by Crippen LogP contribution is 2.30. The number of nitrogens with zero attached hydrogens (tertiary/aromatic N) is 3. The summed E-state index contributed by atoms with van der Waals surface area (Å²) in [4.78, 5) is 27.5. The van der Waals surface area contributed by atoms with Gasteiger partial charge in [0, 0.05) is 31.9 Å². The predicted molar refractivity (Wildman–Crippen MR) is 141 cm³/mol. The number of hydrogen-bond acceptors (Lipinski definition) is 7. The Labute approximate surface area is 234 Å². The van der Waals surface area contributed by atoms with E-state index in [1.807, 2.05) is 0 Å². The van der Waals surface area contributed by atoms with Crippen molar-refractivity contribution in [2.75, 3.05) is 32.1 Å². The summed E-state index contributed by atoms with van der Waals surface area (Å²) in [6, 6.07) is 8.79. The number of methoxy groups -OCH3 is 1. The van der Waals surface area contributed by atoms with E-state index in [2.05, 4.69) is 15.8 Å². The third-order valence-electron chi connectivity index (χ3n) is 6.52. The highest BCUT2D eigenvalue weighted by molar-refractivity contribution is 7.89. The van der Waals surface area contributed by atoms with E-state index in [4.69, 9.17) is 9.26 Å². The fraction of sp³-hybridized carbons (Fsp3) is 0.346. The first-order chi connectivity index (χ1) is 19.3. The Hall–Kier alpha value is -4.11. The van der Waals surface area contributed by atoms with Crippen LogP contribution < -0.4 is 15.4 Å². The van der Waals surface area contributed by atoms with Gasteiger partial charge in [0.15, 0.2) is 5.76 Å². The molecule has 0 saturated carbocycles. The molecule has 0 spiro atoms. The lowest BCUT2D eigenvalue weighted by Gasteiger charge is -2.39. The Balaban J connectivity index is 1.56. The number of benzene rings is 2. The summed E-state index contributed by atoms with van der Waals surface area (Å²) in [7, 11) is -2.76. The van der Waals surface area contributed by atoms with Gasteiger partial charge in [-0.15, -0.1) is 0 Å². The monoisotopic (exact) mass is 595 g/mol. The largest absolute Gasteiger partial charge is 0.497 e. The van der Waals surface area contributed by atoms with Crippen LogP contribution in [-0.4, -0.2) is 67.5 Å². The Bertz CT molecular complexity index is 1510. The number of aromatic nitrogens is 1. The molecule has 2 heterocycles. The lowest BCUT2D eigenvalue weighted by Crippen LogP contribution is -2.61. The summed E-state index contributed by atoms with van der Waals surface area (Å²) in [6.07, 6.45) is -4.53. The van der Waals surface area contributed by atoms with Gasteiger partial charge in [-0.3, -0.25) is 4.79 Å². The van der Waals surface area contributed by atoms with Gasteiger partial charge in [0.25, 0.3) is 0 Å². The van der Waals surface area contributed by atoms with Crippen LogP contribution in [0.25, 0.3) is 0 Å². The zero-order valence-corrected chi connectivity index (χ0v) is 23.2. The highest BCUT2D eigenvalue weighted by atomic mass is 32.2. The first kappa shape index (κ1) is 29.9. The molecule has 1 aromatic heterocycles. The van der Waals surface area contributed by atoms with Gasteiger partial charge in [-0.2, -0.15) is 17.5 Å². The summed E-state index contributed by atoms with van der Waals surface area (Å²) >= 11 is 0. The number of nitrogens with one attached hydrogen (secondary N) is 2. The molecule has 0 radical (unpaired) electrons. The van der Waals surface area contributed by atoms with E-state index < -0.39 is 39.7 Å². The molecule has 1 atom stereocenters. The molecule has 1 unspecified atom stereocenters. The number of carbonyl (C=O) groups excluding carboxylic acids is 2. The van der Waals surface area contributed by atoms with Gasteiger partial charge in [-0.1, -0.05) is 17.3 Å². The number of ether oxygens (including phenoxy) is 1. The second-order valence-corrected chi connectivity index (χ2v) is 11.1. The van der Waals surface area contributed by atoms with Crippen LogP contribution in [0.5, 0.6) is 5.75 Å². The average Bonchev–Trinajstić information content (AvgIpc) is 3.29. The summed E-state index contributed by atoms with van der Waals surface area (Å²) in [6.45, 7) is 2.33. The molecular weight excluding hydrogens is 567 g/mol. The fourth-order valence-electron chi connectivity index (χ4n) is 4.45. The molecule has 1 aliphatic heterocycles. The van der Waals surface area contributed by atoms with Crippen LogP contribution >= 0.6 is 0 Å². The number of anilines is 1. The average molecular weight is 596 g/mol. The van der Waals surface area contributed by atoms with E-state index in [9.17, 15) is 31.2 Å². The maximum atomic E-state index is 13.7. The molecular formula is C26H28F3N5O6S. The first-order valence-corrected chi connectivity index (χ1v) is 13.8. The second kappa shape index (κ2) is 11.8. The number of sulfonamides is 1. The van der Waals surface area contributed by atoms with E-state index in [0.29, 0.717) is 11.3 Å². The van der Waals surface area contributed by atoms with Crippen LogP contribution in [0, 0.1) is 13.8 Å². The van der Waals surface area contributed by atoms with E-state index in [1.54, 1.807) is 24.3 Å². The Morgan fingerprint density at radius 2 is 1.83 bits per heavy atom. The summed E-state index contributed by atoms with van der Waals surface area (Å²) in [5, 5.41) is 8.93. The van der Waals surface area contributed by atoms with Crippen molar-refractivity contribution in [3.63, 3.8) is 0 Å².